The molecular weight excluding hydrogens is 455 g/mol. The highest BCUT2D eigenvalue weighted by atomic mass is 127. The molecule has 2 saturated heterocycles. The number of ether oxygens (including phenoxy) is 2. The number of likely N-dealkylation sites (tertiary alicyclic amines) is 1. The third-order valence-electron chi connectivity index (χ3n) is 6.06. The molecule has 4 atom stereocenters. The second-order valence-electron chi connectivity index (χ2n) is 8.13. The number of fused-ring (bicyclic) bond motifs is 1. The smallest absolute Gasteiger partial charge is 0.213 e. The molecule has 27 heavy (non-hydrogen) atoms. The van der Waals surface area contributed by atoms with Crippen molar-refractivity contribution in [1.82, 2.24) is 15.2 Å². The number of halogens is 1. The van der Waals surface area contributed by atoms with Crippen LogP contribution in [0.1, 0.15) is 33.6 Å². The van der Waals surface area contributed by atoms with Crippen molar-refractivity contribution in [1.29, 1.82) is 0 Å². The van der Waals surface area contributed by atoms with Crippen LogP contribution in [0.3, 0.4) is 0 Å². The van der Waals surface area contributed by atoms with Crippen LogP contribution in [-0.2, 0) is 4.74 Å². The first kappa shape index (κ1) is 20.6. The van der Waals surface area contributed by atoms with E-state index in [0.717, 1.165) is 45.0 Å². The lowest BCUT2D eigenvalue weighted by molar-refractivity contribution is -0.107. The Kier molecular flexibility index (Phi) is 6.50. The second kappa shape index (κ2) is 8.51. The van der Waals surface area contributed by atoms with E-state index in [0.29, 0.717) is 23.9 Å². The van der Waals surface area contributed by atoms with Crippen molar-refractivity contribution in [3.63, 3.8) is 0 Å². The number of hydrogen-bond donors (Lipinski definition) is 1. The molecule has 4 unspecified atom stereocenters. The molecule has 0 radical (unpaired) electrons. The van der Waals surface area contributed by atoms with Gasteiger partial charge in [-0.2, -0.15) is 0 Å². The van der Waals surface area contributed by atoms with Crippen molar-refractivity contribution >= 4 is 29.9 Å². The fraction of sp³-hybridized carbons (Fsp3) is 0.700. The summed E-state index contributed by atoms with van der Waals surface area (Å²) in [5.74, 6) is 2.32. The van der Waals surface area contributed by atoms with Gasteiger partial charge in [0.15, 0.2) is 5.96 Å². The van der Waals surface area contributed by atoms with E-state index in [-0.39, 0.29) is 35.5 Å². The minimum atomic E-state index is 0. The van der Waals surface area contributed by atoms with Crippen LogP contribution in [-0.4, -0.2) is 60.3 Å². The number of nitrogens with one attached hydrogen (secondary N) is 1. The van der Waals surface area contributed by atoms with E-state index in [4.69, 9.17) is 14.5 Å². The highest BCUT2D eigenvalue weighted by molar-refractivity contribution is 14.0. The lowest BCUT2D eigenvalue weighted by Crippen LogP contribution is -2.68. The molecule has 1 aliphatic carbocycles. The van der Waals surface area contributed by atoms with Crippen molar-refractivity contribution in [3.8, 4) is 5.88 Å². The molecule has 2 aliphatic heterocycles. The fourth-order valence-electron chi connectivity index (χ4n) is 4.75. The summed E-state index contributed by atoms with van der Waals surface area (Å²) in [5, 5.41) is 3.77. The van der Waals surface area contributed by atoms with Crippen LogP contribution in [0.4, 0.5) is 0 Å². The molecule has 0 amide bonds. The van der Waals surface area contributed by atoms with Gasteiger partial charge in [-0.05, 0) is 19.4 Å². The summed E-state index contributed by atoms with van der Waals surface area (Å²) in [5.41, 5.74) is 0.152. The Hall–Kier alpha value is -1.09. The molecule has 1 saturated carbocycles. The van der Waals surface area contributed by atoms with Gasteiger partial charge in [0.25, 0.3) is 0 Å². The summed E-state index contributed by atoms with van der Waals surface area (Å²) in [6.07, 6.45) is 4.46. The zero-order valence-electron chi connectivity index (χ0n) is 16.4. The Morgan fingerprint density at radius 1 is 1.41 bits per heavy atom. The van der Waals surface area contributed by atoms with Gasteiger partial charge in [-0.3, -0.25) is 4.99 Å². The molecule has 7 heteroatoms. The fourth-order valence-corrected chi connectivity index (χ4v) is 4.75. The van der Waals surface area contributed by atoms with Crippen LogP contribution in [0, 0.1) is 11.3 Å². The average molecular weight is 486 g/mol. The summed E-state index contributed by atoms with van der Waals surface area (Å²) < 4.78 is 12.0. The van der Waals surface area contributed by atoms with Gasteiger partial charge in [-0.25, -0.2) is 4.98 Å². The highest BCUT2D eigenvalue weighted by Gasteiger charge is 2.59. The monoisotopic (exact) mass is 486 g/mol. The molecule has 1 aromatic heterocycles. The van der Waals surface area contributed by atoms with Gasteiger partial charge in [0, 0.05) is 55.8 Å². The lowest BCUT2D eigenvalue weighted by atomic mass is 9.57. The van der Waals surface area contributed by atoms with Crippen molar-refractivity contribution in [2.45, 2.75) is 51.9 Å². The SMILES string of the molecule is CCN=C(NC1C2CCOC2C1(C)C)N1CCC(Oc2ccccn2)C1.I. The predicted molar refractivity (Wildman–Crippen MR) is 117 cm³/mol. The van der Waals surface area contributed by atoms with Crippen molar-refractivity contribution in [2.75, 3.05) is 26.2 Å². The average Bonchev–Trinajstić information content (AvgIpc) is 3.28. The molecule has 0 aromatic carbocycles. The first-order valence-electron chi connectivity index (χ1n) is 9.85. The van der Waals surface area contributed by atoms with E-state index in [1.165, 1.54) is 0 Å². The van der Waals surface area contributed by atoms with Crippen LogP contribution in [0.2, 0.25) is 0 Å². The van der Waals surface area contributed by atoms with Crippen molar-refractivity contribution in [2.24, 2.45) is 16.3 Å². The summed E-state index contributed by atoms with van der Waals surface area (Å²) in [6.45, 7) is 10.2. The van der Waals surface area contributed by atoms with E-state index >= 15 is 0 Å². The number of nitrogens with zero attached hydrogens (tertiary/aromatic N) is 3. The Balaban J connectivity index is 0.00000210. The summed E-state index contributed by atoms with van der Waals surface area (Å²) in [4.78, 5) is 11.4. The zero-order valence-corrected chi connectivity index (χ0v) is 18.8. The second-order valence-corrected chi connectivity index (χ2v) is 8.13. The molecule has 4 rings (SSSR count). The van der Waals surface area contributed by atoms with Crippen LogP contribution >= 0.6 is 24.0 Å². The maximum absolute atomic E-state index is 6.03. The molecule has 0 bridgehead atoms. The normalized spacial score (nSPS) is 31.7. The van der Waals surface area contributed by atoms with Crippen LogP contribution in [0.5, 0.6) is 5.88 Å². The Bertz CT molecular complexity index is 655. The predicted octanol–water partition coefficient (Wildman–Crippen LogP) is 2.93. The summed E-state index contributed by atoms with van der Waals surface area (Å²) in [7, 11) is 0. The number of hydrogen-bond acceptors (Lipinski definition) is 4. The third-order valence-corrected chi connectivity index (χ3v) is 6.06. The topological polar surface area (TPSA) is 59.0 Å². The first-order chi connectivity index (χ1) is 12.6. The Morgan fingerprint density at radius 2 is 2.26 bits per heavy atom. The highest BCUT2D eigenvalue weighted by Crippen LogP contribution is 2.52. The van der Waals surface area contributed by atoms with E-state index in [9.17, 15) is 0 Å². The van der Waals surface area contributed by atoms with Gasteiger partial charge in [-0.15, -0.1) is 24.0 Å². The van der Waals surface area contributed by atoms with E-state index in [1.54, 1.807) is 6.20 Å². The molecule has 6 nitrogen and oxygen atoms in total. The third kappa shape index (κ3) is 4.04. The number of aromatic nitrogens is 1. The van der Waals surface area contributed by atoms with E-state index < -0.39 is 0 Å². The van der Waals surface area contributed by atoms with Gasteiger partial charge in [0.05, 0.1) is 12.6 Å². The zero-order chi connectivity index (χ0) is 18.1. The number of guanidine groups is 1. The summed E-state index contributed by atoms with van der Waals surface area (Å²) in [6, 6.07) is 6.21. The molecule has 3 aliphatic rings. The van der Waals surface area contributed by atoms with Crippen molar-refractivity contribution in [3.05, 3.63) is 24.4 Å². The summed E-state index contributed by atoms with van der Waals surface area (Å²) >= 11 is 0. The number of aliphatic imine (C=N–C) groups is 1. The molecule has 1 aromatic rings. The maximum Gasteiger partial charge on any atom is 0.213 e. The van der Waals surface area contributed by atoms with Crippen molar-refractivity contribution < 1.29 is 9.47 Å². The Morgan fingerprint density at radius 3 is 3.00 bits per heavy atom. The molecule has 0 spiro atoms. The van der Waals surface area contributed by atoms with Gasteiger partial charge in [0.1, 0.15) is 6.10 Å². The molecular formula is C20H31IN4O2. The van der Waals surface area contributed by atoms with Crippen LogP contribution < -0.4 is 10.1 Å². The Labute approximate surface area is 179 Å². The molecule has 1 N–H and O–H groups in total. The van der Waals surface area contributed by atoms with Gasteiger partial charge in [0.2, 0.25) is 5.88 Å². The quantitative estimate of drug-likeness (QED) is 0.403. The minimum Gasteiger partial charge on any atom is -0.472 e. The van der Waals surface area contributed by atoms with Crippen LogP contribution in [0.15, 0.2) is 29.4 Å². The van der Waals surface area contributed by atoms with Gasteiger partial charge in [-0.1, -0.05) is 19.9 Å². The minimum absolute atomic E-state index is 0. The lowest BCUT2D eigenvalue weighted by Gasteiger charge is -2.55. The molecule has 3 heterocycles. The number of pyridine rings is 1. The maximum atomic E-state index is 6.03. The molecule has 3 fully saturated rings. The molecule has 150 valence electrons. The van der Waals surface area contributed by atoms with Gasteiger partial charge >= 0.3 is 0 Å². The van der Waals surface area contributed by atoms with E-state index in [1.807, 2.05) is 18.2 Å². The van der Waals surface area contributed by atoms with Gasteiger partial charge < -0.3 is 19.7 Å². The first-order valence-corrected chi connectivity index (χ1v) is 9.85. The van der Waals surface area contributed by atoms with E-state index in [2.05, 4.69) is 36.0 Å². The standard InChI is InChI=1S/C20H30N4O2.HI/c1-4-21-19(23-17-15-9-12-25-18(15)20(17,2)3)24-11-8-14(13-24)26-16-7-5-6-10-22-16;/h5-7,10,14-15,17-18H,4,8-9,11-13H2,1-3H3,(H,21,23);1H. The largest absolute Gasteiger partial charge is 0.472 e. The number of rotatable bonds is 4. The van der Waals surface area contributed by atoms with Crippen LogP contribution in [0.25, 0.3) is 0 Å².